The van der Waals surface area contributed by atoms with E-state index in [1.54, 1.807) is 12.2 Å². The maximum absolute atomic E-state index is 11.2. The van der Waals surface area contributed by atoms with E-state index in [9.17, 15) is 4.79 Å². The van der Waals surface area contributed by atoms with Crippen molar-refractivity contribution in [2.75, 3.05) is 36.9 Å². The molecule has 1 amide bonds. The lowest BCUT2D eigenvalue weighted by molar-refractivity contribution is -0.114. The van der Waals surface area contributed by atoms with Crippen LogP contribution in [0.5, 0.6) is 0 Å². The van der Waals surface area contributed by atoms with Crippen molar-refractivity contribution in [2.24, 2.45) is 10.7 Å². The number of nitrogens with one attached hydrogen (secondary N) is 2. The number of amides is 1. The van der Waals surface area contributed by atoms with Crippen LogP contribution in [0, 0.1) is 0 Å². The topological polar surface area (TPSA) is 92.0 Å². The normalized spacial score (nSPS) is 15.4. The van der Waals surface area contributed by atoms with Gasteiger partial charge in [0.2, 0.25) is 5.91 Å². The number of carbonyl (C=O) groups is 1. The first-order chi connectivity index (χ1) is 15.0. The summed E-state index contributed by atoms with van der Waals surface area (Å²) >= 11 is 0. The largest absolute Gasteiger partial charge is 0.379 e. The van der Waals surface area contributed by atoms with Crippen LogP contribution in [0.1, 0.15) is 18.1 Å². The Bertz CT molecular complexity index is 943. The number of nitrogens with zero attached hydrogens (tertiary/aromatic N) is 2. The number of morpholine rings is 1. The summed E-state index contributed by atoms with van der Waals surface area (Å²) in [4.78, 5) is 18.1. The predicted molar refractivity (Wildman–Crippen MR) is 127 cm³/mol. The van der Waals surface area contributed by atoms with E-state index in [1.165, 1.54) is 12.5 Å². The molecule has 0 unspecified atom stereocenters. The summed E-state index contributed by atoms with van der Waals surface area (Å²) in [6.07, 6.45) is 3.45. The van der Waals surface area contributed by atoms with Crippen molar-refractivity contribution in [1.29, 1.82) is 0 Å². The fraction of sp³-hybridized carbons (Fsp3) is 0.250. The summed E-state index contributed by atoms with van der Waals surface area (Å²) in [6.45, 7) is 9.66. The van der Waals surface area contributed by atoms with Gasteiger partial charge in [0.05, 0.1) is 18.9 Å². The third-order valence-corrected chi connectivity index (χ3v) is 4.75. The van der Waals surface area contributed by atoms with Crippen molar-refractivity contribution in [1.82, 2.24) is 4.90 Å². The number of nitrogens with two attached hydrogens (primary N) is 1. The number of hydrogen-bond donors (Lipinski definition) is 3. The monoisotopic (exact) mass is 419 g/mol. The zero-order valence-corrected chi connectivity index (χ0v) is 17.8. The van der Waals surface area contributed by atoms with Crippen molar-refractivity contribution >= 4 is 28.9 Å². The fourth-order valence-corrected chi connectivity index (χ4v) is 3.25. The van der Waals surface area contributed by atoms with Crippen molar-refractivity contribution in [3.8, 4) is 0 Å². The standard InChI is InChI=1S/C24H29N5O2/c1-3-4-23(20-7-11-21(12-8-20)26-18(2)30)28-24(25)27-22-9-5-19(6-10-22)17-29-13-15-31-16-14-29/h3-12H,1,13-17H2,2H3,(H,26,30)(H3,25,27,28)/b23-4-. The highest BCUT2D eigenvalue weighted by molar-refractivity contribution is 5.96. The molecule has 3 rings (SSSR count). The Labute approximate surface area is 183 Å². The summed E-state index contributed by atoms with van der Waals surface area (Å²) < 4.78 is 5.40. The number of benzene rings is 2. The van der Waals surface area contributed by atoms with Gasteiger partial charge in [0, 0.05) is 43.5 Å². The van der Waals surface area contributed by atoms with Gasteiger partial charge in [0.15, 0.2) is 5.96 Å². The van der Waals surface area contributed by atoms with E-state index in [1.807, 2.05) is 36.4 Å². The number of aliphatic imine (C=N–C) groups is 1. The average Bonchev–Trinajstić information content (AvgIpc) is 2.76. The molecule has 1 fully saturated rings. The molecule has 0 radical (unpaired) electrons. The highest BCUT2D eigenvalue weighted by Crippen LogP contribution is 2.19. The number of anilines is 2. The van der Waals surface area contributed by atoms with Gasteiger partial charge in [0.1, 0.15) is 0 Å². The number of ether oxygens (including phenoxy) is 1. The number of allylic oxidation sites excluding steroid dienone is 2. The second-order valence-electron chi connectivity index (χ2n) is 7.25. The van der Waals surface area contributed by atoms with Gasteiger partial charge in [-0.15, -0.1) is 0 Å². The van der Waals surface area contributed by atoms with Crippen molar-refractivity contribution in [2.45, 2.75) is 13.5 Å². The lowest BCUT2D eigenvalue weighted by Gasteiger charge is -2.26. The van der Waals surface area contributed by atoms with Gasteiger partial charge in [-0.05, 0) is 35.9 Å². The second kappa shape index (κ2) is 11.1. The summed E-state index contributed by atoms with van der Waals surface area (Å²) in [7, 11) is 0. The molecule has 0 bridgehead atoms. The molecule has 1 aliphatic rings. The van der Waals surface area contributed by atoms with E-state index in [0.29, 0.717) is 5.70 Å². The zero-order chi connectivity index (χ0) is 22.1. The van der Waals surface area contributed by atoms with E-state index >= 15 is 0 Å². The molecule has 1 heterocycles. The van der Waals surface area contributed by atoms with Crippen molar-refractivity contribution in [3.63, 3.8) is 0 Å². The van der Waals surface area contributed by atoms with Gasteiger partial charge in [-0.1, -0.05) is 36.9 Å². The molecular weight excluding hydrogens is 390 g/mol. The van der Waals surface area contributed by atoms with Crippen molar-refractivity contribution < 1.29 is 9.53 Å². The van der Waals surface area contributed by atoms with Crippen LogP contribution in [0.3, 0.4) is 0 Å². The first-order valence-corrected chi connectivity index (χ1v) is 10.2. The highest BCUT2D eigenvalue weighted by atomic mass is 16.5. The summed E-state index contributed by atoms with van der Waals surface area (Å²) in [6, 6.07) is 15.6. The smallest absolute Gasteiger partial charge is 0.221 e. The van der Waals surface area contributed by atoms with E-state index in [4.69, 9.17) is 10.5 Å². The minimum Gasteiger partial charge on any atom is -0.379 e. The SMILES string of the molecule is C=C/C=C(\N=C(/N)Nc1ccc(CN2CCOCC2)cc1)c1ccc(NC(C)=O)cc1. The van der Waals surface area contributed by atoms with E-state index < -0.39 is 0 Å². The van der Waals surface area contributed by atoms with Gasteiger partial charge < -0.3 is 21.1 Å². The lowest BCUT2D eigenvalue weighted by atomic mass is 10.1. The van der Waals surface area contributed by atoms with Crippen LogP contribution in [-0.4, -0.2) is 43.1 Å². The van der Waals surface area contributed by atoms with Gasteiger partial charge in [-0.3, -0.25) is 9.69 Å². The molecule has 7 heteroatoms. The van der Waals surface area contributed by atoms with Crippen LogP contribution in [0.4, 0.5) is 11.4 Å². The Kier molecular flexibility index (Phi) is 7.98. The maximum atomic E-state index is 11.2. The van der Waals surface area contributed by atoms with Crippen LogP contribution < -0.4 is 16.4 Å². The number of rotatable bonds is 7. The third kappa shape index (κ3) is 7.09. The average molecular weight is 420 g/mol. The number of hydrogen-bond acceptors (Lipinski definition) is 4. The molecule has 7 nitrogen and oxygen atoms in total. The number of guanidine groups is 1. The molecule has 4 N–H and O–H groups in total. The molecule has 0 spiro atoms. The second-order valence-corrected chi connectivity index (χ2v) is 7.25. The summed E-state index contributed by atoms with van der Waals surface area (Å²) in [5.74, 6) is 0.164. The molecule has 0 saturated carbocycles. The minimum absolute atomic E-state index is 0.114. The minimum atomic E-state index is -0.114. The maximum Gasteiger partial charge on any atom is 0.221 e. The highest BCUT2D eigenvalue weighted by Gasteiger charge is 2.10. The van der Waals surface area contributed by atoms with E-state index in [0.717, 1.165) is 49.8 Å². The molecule has 1 aliphatic heterocycles. The molecule has 0 atom stereocenters. The van der Waals surface area contributed by atoms with Crippen molar-refractivity contribution in [3.05, 3.63) is 78.4 Å². The Morgan fingerprint density at radius 3 is 2.32 bits per heavy atom. The molecule has 31 heavy (non-hydrogen) atoms. The fourth-order valence-electron chi connectivity index (χ4n) is 3.25. The van der Waals surface area contributed by atoms with E-state index in [2.05, 4.69) is 39.2 Å². The Morgan fingerprint density at radius 2 is 1.71 bits per heavy atom. The van der Waals surface area contributed by atoms with Gasteiger partial charge in [0.25, 0.3) is 0 Å². The molecule has 1 saturated heterocycles. The first kappa shape index (κ1) is 22.3. The molecule has 0 aromatic heterocycles. The van der Waals surface area contributed by atoms with Crippen LogP contribution >= 0.6 is 0 Å². The van der Waals surface area contributed by atoms with Crippen LogP contribution in [0.2, 0.25) is 0 Å². The molecule has 2 aromatic carbocycles. The Balaban J connectivity index is 1.64. The van der Waals surface area contributed by atoms with Gasteiger partial charge >= 0.3 is 0 Å². The first-order valence-electron chi connectivity index (χ1n) is 10.2. The summed E-state index contributed by atoms with van der Waals surface area (Å²) in [5.41, 5.74) is 10.5. The van der Waals surface area contributed by atoms with E-state index in [-0.39, 0.29) is 11.9 Å². The van der Waals surface area contributed by atoms with Crippen LogP contribution in [0.15, 0.2) is 72.3 Å². The Morgan fingerprint density at radius 1 is 1.10 bits per heavy atom. The lowest BCUT2D eigenvalue weighted by Crippen LogP contribution is -2.35. The quantitative estimate of drug-likeness (QED) is 0.363. The molecule has 162 valence electrons. The van der Waals surface area contributed by atoms with Gasteiger partial charge in [-0.25, -0.2) is 4.99 Å². The molecule has 0 aliphatic carbocycles. The van der Waals surface area contributed by atoms with Gasteiger partial charge in [-0.2, -0.15) is 0 Å². The Hall–Kier alpha value is -3.42. The van der Waals surface area contributed by atoms with Crippen LogP contribution in [0.25, 0.3) is 5.70 Å². The number of carbonyl (C=O) groups excluding carboxylic acids is 1. The molecular formula is C24H29N5O2. The third-order valence-electron chi connectivity index (χ3n) is 4.75. The predicted octanol–water partition coefficient (Wildman–Crippen LogP) is 3.43. The summed E-state index contributed by atoms with van der Waals surface area (Å²) in [5, 5.41) is 5.88. The zero-order valence-electron chi connectivity index (χ0n) is 17.8. The molecule has 2 aromatic rings. The van der Waals surface area contributed by atoms with Crippen LogP contribution in [-0.2, 0) is 16.1 Å².